The number of aryl methyl sites for hydroxylation is 1. The number of carbonyl (C=O) groups excluding carboxylic acids is 1. The van der Waals surface area contributed by atoms with Crippen LogP contribution in [0.4, 0.5) is 0 Å². The van der Waals surface area contributed by atoms with Crippen LogP contribution in [0.25, 0.3) is 0 Å². The molecule has 1 unspecified atom stereocenters. The molecule has 1 atom stereocenters. The first-order valence-electron chi connectivity index (χ1n) is 7.04. The van der Waals surface area contributed by atoms with E-state index >= 15 is 0 Å². The van der Waals surface area contributed by atoms with Crippen molar-refractivity contribution < 1.29 is 4.79 Å². The first-order valence-corrected chi connectivity index (χ1v) is 7.04. The number of hydrogen-bond acceptors (Lipinski definition) is 2. The number of rotatable bonds is 4. The third-order valence-electron chi connectivity index (χ3n) is 3.97. The largest absolute Gasteiger partial charge is 0.355 e. The summed E-state index contributed by atoms with van der Waals surface area (Å²) >= 11 is 0. The van der Waals surface area contributed by atoms with E-state index in [1.807, 2.05) is 0 Å². The van der Waals surface area contributed by atoms with Gasteiger partial charge in [0.05, 0.1) is 5.92 Å². The van der Waals surface area contributed by atoms with E-state index in [9.17, 15) is 4.79 Å². The zero-order valence-corrected chi connectivity index (χ0v) is 13.3. The summed E-state index contributed by atoms with van der Waals surface area (Å²) in [6, 6.07) is 8.55. The van der Waals surface area contributed by atoms with Crippen LogP contribution in [0, 0.1) is 12.8 Å². The number of benzene rings is 1. The van der Waals surface area contributed by atoms with E-state index in [-0.39, 0.29) is 29.6 Å². The van der Waals surface area contributed by atoms with Crippen molar-refractivity contribution in [1.29, 1.82) is 0 Å². The monoisotopic (exact) mass is 296 g/mol. The Labute approximate surface area is 127 Å². The SMILES string of the molecule is Cc1ccc(C(C)(C)CNC(=O)C2CCNC2)cc1.Cl. The highest BCUT2D eigenvalue weighted by Gasteiger charge is 2.26. The highest BCUT2D eigenvalue weighted by Crippen LogP contribution is 2.22. The third kappa shape index (κ3) is 4.22. The van der Waals surface area contributed by atoms with E-state index in [0.717, 1.165) is 19.5 Å². The van der Waals surface area contributed by atoms with Gasteiger partial charge in [0.15, 0.2) is 0 Å². The second kappa shape index (κ2) is 7.09. The highest BCUT2D eigenvalue weighted by molar-refractivity contribution is 5.85. The van der Waals surface area contributed by atoms with Gasteiger partial charge in [-0.15, -0.1) is 12.4 Å². The summed E-state index contributed by atoms with van der Waals surface area (Å²) < 4.78 is 0. The van der Waals surface area contributed by atoms with E-state index in [4.69, 9.17) is 0 Å². The average Bonchev–Trinajstić information content (AvgIpc) is 2.90. The van der Waals surface area contributed by atoms with Gasteiger partial charge >= 0.3 is 0 Å². The predicted molar refractivity (Wildman–Crippen MR) is 85.4 cm³/mol. The lowest BCUT2D eigenvalue weighted by Crippen LogP contribution is -2.40. The summed E-state index contributed by atoms with van der Waals surface area (Å²) in [5.74, 6) is 0.332. The molecule has 3 nitrogen and oxygen atoms in total. The van der Waals surface area contributed by atoms with Crippen molar-refractivity contribution >= 4 is 18.3 Å². The smallest absolute Gasteiger partial charge is 0.224 e. The summed E-state index contributed by atoms with van der Waals surface area (Å²) in [4.78, 5) is 12.0. The third-order valence-corrected chi connectivity index (χ3v) is 3.97. The molecule has 0 aromatic heterocycles. The molecule has 1 aliphatic rings. The van der Waals surface area contributed by atoms with Crippen LogP contribution < -0.4 is 10.6 Å². The normalized spacial score (nSPS) is 18.4. The zero-order chi connectivity index (χ0) is 13.9. The molecular weight excluding hydrogens is 272 g/mol. The van der Waals surface area contributed by atoms with Gasteiger partial charge in [-0.3, -0.25) is 4.79 Å². The Morgan fingerprint density at radius 2 is 2.00 bits per heavy atom. The lowest BCUT2D eigenvalue weighted by Gasteiger charge is -2.26. The van der Waals surface area contributed by atoms with Crippen molar-refractivity contribution in [2.75, 3.05) is 19.6 Å². The van der Waals surface area contributed by atoms with Gasteiger partial charge in [-0.25, -0.2) is 0 Å². The molecule has 1 aromatic rings. The average molecular weight is 297 g/mol. The number of carbonyl (C=O) groups is 1. The molecule has 1 aliphatic heterocycles. The van der Waals surface area contributed by atoms with Crippen molar-refractivity contribution in [1.82, 2.24) is 10.6 Å². The van der Waals surface area contributed by atoms with Crippen molar-refractivity contribution in [2.24, 2.45) is 5.92 Å². The van der Waals surface area contributed by atoms with Crippen LogP contribution in [-0.2, 0) is 10.2 Å². The molecule has 1 heterocycles. The summed E-state index contributed by atoms with van der Waals surface area (Å²) in [5, 5.41) is 6.33. The van der Waals surface area contributed by atoms with Crippen LogP contribution in [0.1, 0.15) is 31.4 Å². The second-order valence-corrected chi connectivity index (χ2v) is 6.16. The number of halogens is 1. The maximum absolute atomic E-state index is 12.0. The molecule has 4 heteroatoms. The Kier molecular flexibility index (Phi) is 6.03. The van der Waals surface area contributed by atoms with Crippen LogP contribution in [0.15, 0.2) is 24.3 Å². The Bertz CT molecular complexity index is 436. The Morgan fingerprint density at radius 1 is 1.35 bits per heavy atom. The van der Waals surface area contributed by atoms with Crippen LogP contribution >= 0.6 is 12.4 Å². The number of amides is 1. The molecule has 0 saturated carbocycles. The Morgan fingerprint density at radius 3 is 2.55 bits per heavy atom. The minimum Gasteiger partial charge on any atom is -0.355 e. The minimum absolute atomic E-state index is 0. The molecule has 112 valence electrons. The van der Waals surface area contributed by atoms with E-state index in [2.05, 4.69) is 55.7 Å². The lowest BCUT2D eigenvalue weighted by atomic mass is 9.84. The molecule has 1 amide bonds. The maximum Gasteiger partial charge on any atom is 0.224 e. The summed E-state index contributed by atoms with van der Waals surface area (Å²) in [6.45, 7) is 8.89. The predicted octanol–water partition coefficient (Wildman–Crippen LogP) is 2.42. The van der Waals surface area contributed by atoms with Gasteiger partial charge in [-0.05, 0) is 25.5 Å². The number of hydrogen-bond donors (Lipinski definition) is 2. The second-order valence-electron chi connectivity index (χ2n) is 6.16. The highest BCUT2D eigenvalue weighted by atomic mass is 35.5. The van der Waals surface area contributed by atoms with Gasteiger partial charge in [0.2, 0.25) is 5.91 Å². The molecule has 2 rings (SSSR count). The van der Waals surface area contributed by atoms with Crippen LogP contribution in [0.3, 0.4) is 0 Å². The fourth-order valence-corrected chi connectivity index (χ4v) is 2.44. The van der Waals surface area contributed by atoms with E-state index < -0.39 is 0 Å². The van der Waals surface area contributed by atoms with E-state index in [0.29, 0.717) is 6.54 Å². The fourth-order valence-electron chi connectivity index (χ4n) is 2.44. The summed E-state index contributed by atoms with van der Waals surface area (Å²) in [7, 11) is 0. The van der Waals surface area contributed by atoms with Gasteiger partial charge in [0.1, 0.15) is 0 Å². The molecule has 0 aliphatic carbocycles. The van der Waals surface area contributed by atoms with Gasteiger partial charge in [0, 0.05) is 18.5 Å². The van der Waals surface area contributed by atoms with Crippen LogP contribution in [0.5, 0.6) is 0 Å². The molecule has 0 spiro atoms. The fraction of sp³-hybridized carbons (Fsp3) is 0.562. The minimum atomic E-state index is -0.0323. The van der Waals surface area contributed by atoms with Crippen molar-refractivity contribution in [3.05, 3.63) is 35.4 Å². The van der Waals surface area contributed by atoms with Crippen LogP contribution in [-0.4, -0.2) is 25.5 Å². The Balaban J connectivity index is 0.00000200. The molecule has 1 fully saturated rings. The Hall–Kier alpha value is -1.06. The quantitative estimate of drug-likeness (QED) is 0.896. The van der Waals surface area contributed by atoms with Crippen molar-refractivity contribution in [3.63, 3.8) is 0 Å². The van der Waals surface area contributed by atoms with Gasteiger partial charge in [-0.2, -0.15) is 0 Å². The van der Waals surface area contributed by atoms with Crippen molar-refractivity contribution in [2.45, 2.75) is 32.6 Å². The maximum atomic E-state index is 12.0. The summed E-state index contributed by atoms with van der Waals surface area (Å²) in [6.07, 6.45) is 0.955. The summed E-state index contributed by atoms with van der Waals surface area (Å²) in [5.41, 5.74) is 2.50. The molecule has 2 N–H and O–H groups in total. The first-order chi connectivity index (χ1) is 8.99. The van der Waals surface area contributed by atoms with Crippen molar-refractivity contribution in [3.8, 4) is 0 Å². The molecule has 0 bridgehead atoms. The zero-order valence-electron chi connectivity index (χ0n) is 12.5. The van der Waals surface area contributed by atoms with Gasteiger partial charge < -0.3 is 10.6 Å². The molecule has 1 saturated heterocycles. The van der Waals surface area contributed by atoms with Crippen LogP contribution in [0.2, 0.25) is 0 Å². The van der Waals surface area contributed by atoms with Gasteiger partial charge in [0.25, 0.3) is 0 Å². The van der Waals surface area contributed by atoms with E-state index in [1.54, 1.807) is 0 Å². The first kappa shape index (κ1) is 17.0. The molecule has 0 radical (unpaired) electrons. The topological polar surface area (TPSA) is 41.1 Å². The molecular formula is C16H25ClN2O. The van der Waals surface area contributed by atoms with E-state index in [1.165, 1.54) is 11.1 Å². The lowest BCUT2D eigenvalue weighted by molar-refractivity contribution is -0.124. The van der Waals surface area contributed by atoms with Gasteiger partial charge in [-0.1, -0.05) is 43.7 Å². The molecule has 20 heavy (non-hydrogen) atoms. The number of nitrogens with one attached hydrogen (secondary N) is 2. The standard InChI is InChI=1S/C16H24N2O.ClH/c1-12-4-6-14(7-5-12)16(2,3)11-18-15(19)13-8-9-17-10-13;/h4-7,13,17H,8-11H2,1-3H3,(H,18,19);1H. The molecule has 1 aromatic carbocycles.